The molecule has 3 amide bonds. The Morgan fingerprint density at radius 1 is 1.00 bits per heavy atom. The molecule has 0 rings (SSSR count). The van der Waals surface area contributed by atoms with Crippen molar-refractivity contribution in [1.29, 1.82) is 0 Å². The van der Waals surface area contributed by atoms with E-state index in [0.717, 1.165) is 6.42 Å². The molecule has 10 nitrogen and oxygen atoms in total. The van der Waals surface area contributed by atoms with Gasteiger partial charge < -0.3 is 32.9 Å². The van der Waals surface area contributed by atoms with Gasteiger partial charge in [-0.05, 0) is 31.7 Å². The summed E-state index contributed by atoms with van der Waals surface area (Å²) in [4.78, 5) is 46.6. The number of amides is 3. The Balaban J connectivity index is 4.84. The van der Waals surface area contributed by atoms with Crippen molar-refractivity contribution in [3.05, 3.63) is 0 Å². The Hall–Kier alpha value is -2.20. The second-order valence-electron chi connectivity index (χ2n) is 6.53. The number of nitrogens with one attached hydrogen (secondary N) is 2. The van der Waals surface area contributed by atoms with Crippen molar-refractivity contribution < 1.29 is 24.3 Å². The van der Waals surface area contributed by atoms with Crippen LogP contribution in [-0.4, -0.2) is 53.5 Å². The molecule has 150 valence electrons. The first-order valence-electron chi connectivity index (χ1n) is 8.67. The maximum Gasteiger partial charge on any atom is 0.326 e. The standard InChI is InChI=1S/C16H31N5O5/c1-9(2)13(21-14(23)10(18)5-3-4-8-17)15(24)20-11(16(25)26)6-7-12(19)22/h9-11,13H,3-8,17-18H2,1-2H3,(H2,19,22)(H,20,24)(H,21,23)(H,25,26). The highest BCUT2D eigenvalue weighted by atomic mass is 16.4. The number of carbonyl (C=O) groups excluding carboxylic acids is 3. The summed E-state index contributed by atoms with van der Waals surface area (Å²) in [6.07, 6.45) is 1.56. The van der Waals surface area contributed by atoms with E-state index in [9.17, 15) is 19.2 Å². The summed E-state index contributed by atoms with van der Waals surface area (Å²) in [6.45, 7) is 3.93. The fourth-order valence-corrected chi connectivity index (χ4v) is 2.24. The van der Waals surface area contributed by atoms with Crippen molar-refractivity contribution in [3.63, 3.8) is 0 Å². The minimum absolute atomic E-state index is 0.131. The fourth-order valence-electron chi connectivity index (χ4n) is 2.24. The highest BCUT2D eigenvalue weighted by molar-refractivity contribution is 5.92. The first-order chi connectivity index (χ1) is 12.1. The summed E-state index contributed by atoms with van der Waals surface area (Å²) < 4.78 is 0. The SMILES string of the molecule is CC(C)C(NC(=O)C(N)CCCCN)C(=O)NC(CCC(N)=O)C(=O)O. The third-order valence-corrected chi connectivity index (χ3v) is 3.85. The van der Waals surface area contributed by atoms with E-state index in [1.807, 2.05) is 0 Å². The first kappa shape index (κ1) is 23.8. The summed E-state index contributed by atoms with van der Waals surface area (Å²) in [5.41, 5.74) is 16.2. The fraction of sp³-hybridized carbons (Fsp3) is 0.750. The number of hydrogen-bond donors (Lipinski definition) is 6. The summed E-state index contributed by atoms with van der Waals surface area (Å²) in [5.74, 6) is -3.38. The van der Waals surface area contributed by atoms with E-state index in [2.05, 4.69) is 10.6 Å². The van der Waals surface area contributed by atoms with E-state index in [1.165, 1.54) is 0 Å². The average molecular weight is 373 g/mol. The molecule has 0 radical (unpaired) electrons. The van der Waals surface area contributed by atoms with Crippen molar-refractivity contribution >= 4 is 23.7 Å². The van der Waals surface area contributed by atoms with Crippen LogP contribution in [0.4, 0.5) is 0 Å². The van der Waals surface area contributed by atoms with Crippen LogP contribution in [0.15, 0.2) is 0 Å². The lowest BCUT2D eigenvalue weighted by Gasteiger charge is -2.25. The number of aliphatic carboxylic acids is 1. The van der Waals surface area contributed by atoms with Crippen LogP contribution in [0.1, 0.15) is 46.0 Å². The highest BCUT2D eigenvalue weighted by Gasteiger charge is 2.29. The Bertz CT molecular complexity index is 497. The summed E-state index contributed by atoms with van der Waals surface area (Å²) in [7, 11) is 0. The molecule has 26 heavy (non-hydrogen) atoms. The van der Waals surface area contributed by atoms with Gasteiger partial charge >= 0.3 is 5.97 Å². The van der Waals surface area contributed by atoms with E-state index < -0.39 is 41.8 Å². The van der Waals surface area contributed by atoms with Crippen molar-refractivity contribution in [3.8, 4) is 0 Å². The molecule has 0 aliphatic rings. The molecule has 0 fully saturated rings. The van der Waals surface area contributed by atoms with Gasteiger partial charge in [0, 0.05) is 6.42 Å². The number of nitrogens with two attached hydrogens (primary N) is 3. The van der Waals surface area contributed by atoms with Crippen LogP contribution >= 0.6 is 0 Å². The number of carboxylic acids is 1. The summed E-state index contributed by atoms with van der Waals surface area (Å²) >= 11 is 0. The Labute approximate surface area is 153 Å². The van der Waals surface area contributed by atoms with Crippen LogP contribution in [0.25, 0.3) is 0 Å². The minimum atomic E-state index is -1.29. The molecular formula is C16H31N5O5. The molecule has 0 saturated heterocycles. The van der Waals surface area contributed by atoms with Crippen LogP contribution < -0.4 is 27.8 Å². The van der Waals surface area contributed by atoms with Gasteiger partial charge in [0.15, 0.2) is 0 Å². The molecular weight excluding hydrogens is 342 g/mol. The van der Waals surface area contributed by atoms with Gasteiger partial charge in [0.2, 0.25) is 17.7 Å². The monoisotopic (exact) mass is 373 g/mol. The zero-order chi connectivity index (χ0) is 20.3. The lowest BCUT2D eigenvalue weighted by molar-refractivity contribution is -0.142. The Morgan fingerprint density at radius 3 is 2.08 bits per heavy atom. The molecule has 10 heteroatoms. The molecule has 0 saturated carbocycles. The van der Waals surface area contributed by atoms with Crippen LogP contribution in [0, 0.1) is 5.92 Å². The molecule has 9 N–H and O–H groups in total. The summed E-state index contributed by atoms with van der Waals surface area (Å²) in [5, 5.41) is 14.1. The largest absolute Gasteiger partial charge is 0.480 e. The second-order valence-corrected chi connectivity index (χ2v) is 6.53. The van der Waals surface area contributed by atoms with Crippen LogP contribution in [-0.2, 0) is 19.2 Å². The predicted octanol–water partition coefficient (Wildman–Crippen LogP) is -1.58. The van der Waals surface area contributed by atoms with E-state index in [4.69, 9.17) is 22.3 Å². The van der Waals surface area contributed by atoms with Crippen LogP contribution in [0.2, 0.25) is 0 Å². The van der Waals surface area contributed by atoms with Gasteiger partial charge in [-0.3, -0.25) is 14.4 Å². The molecule has 0 aromatic heterocycles. The highest BCUT2D eigenvalue weighted by Crippen LogP contribution is 2.06. The summed E-state index contributed by atoms with van der Waals surface area (Å²) in [6, 6.07) is -2.99. The molecule has 0 aromatic carbocycles. The second kappa shape index (κ2) is 12.2. The van der Waals surface area contributed by atoms with Crippen molar-refractivity contribution in [1.82, 2.24) is 10.6 Å². The molecule has 3 unspecified atom stereocenters. The lowest BCUT2D eigenvalue weighted by atomic mass is 10.0. The van der Waals surface area contributed by atoms with E-state index in [-0.39, 0.29) is 18.8 Å². The topological polar surface area (TPSA) is 191 Å². The Morgan fingerprint density at radius 2 is 1.62 bits per heavy atom. The number of carbonyl (C=O) groups is 4. The third kappa shape index (κ3) is 9.33. The van der Waals surface area contributed by atoms with Crippen molar-refractivity contribution in [2.24, 2.45) is 23.1 Å². The van der Waals surface area contributed by atoms with Crippen molar-refractivity contribution in [2.45, 2.75) is 64.1 Å². The van der Waals surface area contributed by atoms with Gasteiger partial charge in [0.05, 0.1) is 6.04 Å². The van der Waals surface area contributed by atoms with Gasteiger partial charge in [-0.25, -0.2) is 4.79 Å². The molecule has 0 aliphatic heterocycles. The average Bonchev–Trinajstić information content (AvgIpc) is 2.55. The molecule has 0 spiro atoms. The predicted molar refractivity (Wildman–Crippen MR) is 95.6 cm³/mol. The smallest absolute Gasteiger partial charge is 0.326 e. The van der Waals surface area contributed by atoms with E-state index in [1.54, 1.807) is 13.8 Å². The number of carboxylic acid groups (broad SMARTS) is 1. The van der Waals surface area contributed by atoms with Gasteiger partial charge in [-0.1, -0.05) is 20.3 Å². The molecule has 0 bridgehead atoms. The zero-order valence-corrected chi connectivity index (χ0v) is 15.4. The molecule has 3 atom stereocenters. The van der Waals surface area contributed by atoms with Gasteiger partial charge in [0.1, 0.15) is 12.1 Å². The number of unbranched alkanes of at least 4 members (excludes halogenated alkanes) is 1. The maximum absolute atomic E-state index is 12.4. The number of hydrogen-bond acceptors (Lipinski definition) is 6. The van der Waals surface area contributed by atoms with E-state index >= 15 is 0 Å². The van der Waals surface area contributed by atoms with Gasteiger partial charge in [0.25, 0.3) is 0 Å². The van der Waals surface area contributed by atoms with Crippen LogP contribution in [0.3, 0.4) is 0 Å². The van der Waals surface area contributed by atoms with Crippen LogP contribution in [0.5, 0.6) is 0 Å². The first-order valence-corrected chi connectivity index (χ1v) is 8.67. The van der Waals surface area contributed by atoms with E-state index in [0.29, 0.717) is 19.4 Å². The van der Waals surface area contributed by atoms with Gasteiger partial charge in [-0.15, -0.1) is 0 Å². The zero-order valence-electron chi connectivity index (χ0n) is 15.4. The normalized spacial score (nSPS) is 14.3. The third-order valence-electron chi connectivity index (χ3n) is 3.85. The minimum Gasteiger partial charge on any atom is -0.480 e. The van der Waals surface area contributed by atoms with Gasteiger partial charge in [-0.2, -0.15) is 0 Å². The number of primary amides is 1. The Kier molecular flexibility index (Phi) is 11.2. The maximum atomic E-state index is 12.4. The molecule has 0 aromatic rings. The molecule has 0 aliphatic carbocycles. The van der Waals surface area contributed by atoms with Crippen molar-refractivity contribution in [2.75, 3.05) is 6.54 Å². The quantitative estimate of drug-likeness (QED) is 0.210. The molecule has 0 heterocycles. The lowest BCUT2D eigenvalue weighted by Crippen LogP contribution is -2.56. The number of rotatable bonds is 13.